The molecule has 1 N–H and O–H groups in total. The molecule has 0 fully saturated rings. The van der Waals surface area contributed by atoms with Crippen molar-refractivity contribution >= 4 is 40.2 Å². The van der Waals surface area contributed by atoms with Gasteiger partial charge in [-0.25, -0.2) is 0 Å². The normalized spacial score (nSPS) is 11.2. The predicted octanol–water partition coefficient (Wildman–Crippen LogP) is 2.81. The lowest BCUT2D eigenvalue weighted by molar-refractivity contribution is -0.113. The van der Waals surface area contributed by atoms with Crippen molar-refractivity contribution < 1.29 is 9.32 Å². The molecule has 0 unspecified atom stereocenters. The van der Waals surface area contributed by atoms with Crippen molar-refractivity contribution in [2.45, 2.75) is 11.7 Å². The molecular weight excluding hydrogens is 416 g/mol. The van der Waals surface area contributed by atoms with Gasteiger partial charge in [-0.2, -0.15) is 0 Å². The Kier molecular flexibility index (Phi) is 4.97. The molecule has 0 spiro atoms. The number of carbonyl (C=O) groups excluding carboxylic acids is 1. The maximum absolute atomic E-state index is 13.2. The summed E-state index contributed by atoms with van der Waals surface area (Å²) >= 11 is 1.23. The van der Waals surface area contributed by atoms with Gasteiger partial charge >= 0.3 is 0 Å². The molecule has 0 aliphatic carbocycles. The number of fused-ring (bicyclic) bond motifs is 3. The van der Waals surface area contributed by atoms with Crippen molar-refractivity contribution in [3.8, 4) is 0 Å². The van der Waals surface area contributed by atoms with Gasteiger partial charge in [0, 0.05) is 6.07 Å². The molecule has 9 nitrogen and oxygen atoms in total. The summed E-state index contributed by atoms with van der Waals surface area (Å²) in [6.45, 7) is 0.365. The Morgan fingerprint density at radius 1 is 1.03 bits per heavy atom. The van der Waals surface area contributed by atoms with Gasteiger partial charge in [0.05, 0.1) is 23.2 Å². The van der Waals surface area contributed by atoms with E-state index < -0.39 is 0 Å². The zero-order valence-corrected chi connectivity index (χ0v) is 17.0. The summed E-state index contributed by atoms with van der Waals surface area (Å²) in [5, 5.41) is 15.9. The molecule has 10 heteroatoms. The van der Waals surface area contributed by atoms with E-state index in [-0.39, 0.29) is 17.2 Å². The smallest absolute Gasteiger partial charge is 0.263 e. The molecule has 5 aromatic rings. The van der Waals surface area contributed by atoms with Gasteiger partial charge in [-0.15, -0.1) is 10.2 Å². The minimum absolute atomic E-state index is 0.0970. The van der Waals surface area contributed by atoms with Gasteiger partial charge in [-0.3, -0.25) is 18.6 Å². The SMILES string of the molecule is O=C(CSc1nnc2n(Cc3ccccc3)c(=O)c3ccccc3n12)Nc1ccon1. The van der Waals surface area contributed by atoms with E-state index in [1.807, 2.05) is 52.9 Å². The lowest BCUT2D eigenvalue weighted by atomic mass is 10.2. The number of amides is 1. The largest absolute Gasteiger partial charge is 0.363 e. The van der Waals surface area contributed by atoms with Crippen LogP contribution in [0.3, 0.4) is 0 Å². The van der Waals surface area contributed by atoms with Crippen LogP contribution in [0.2, 0.25) is 0 Å². The minimum Gasteiger partial charge on any atom is -0.363 e. The van der Waals surface area contributed by atoms with Crippen molar-refractivity contribution in [3.05, 3.63) is 82.8 Å². The molecule has 0 bridgehead atoms. The van der Waals surface area contributed by atoms with Gasteiger partial charge in [0.15, 0.2) is 11.0 Å². The average Bonchev–Trinajstić information content (AvgIpc) is 3.46. The molecule has 5 rings (SSSR count). The van der Waals surface area contributed by atoms with Gasteiger partial charge in [0.2, 0.25) is 11.7 Å². The highest BCUT2D eigenvalue weighted by Gasteiger charge is 2.18. The number of anilines is 1. The molecule has 3 aromatic heterocycles. The van der Waals surface area contributed by atoms with Crippen molar-refractivity contribution in [2.24, 2.45) is 0 Å². The highest BCUT2D eigenvalue weighted by Crippen LogP contribution is 2.22. The Labute approximate surface area is 179 Å². The molecule has 2 aromatic carbocycles. The van der Waals surface area contributed by atoms with E-state index in [1.165, 1.54) is 18.0 Å². The van der Waals surface area contributed by atoms with Crippen LogP contribution in [0, 0.1) is 0 Å². The number of para-hydroxylation sites is 1. The topological polar surface area (TPSA) is 107 Å². The molecule has 0 saturated carbocycles. The fourth-order valence-corrected chi connectivity index (χ4v) is 4.06. The van der Waals surface area contributed by atoms with Gasteiger partial charge in [-0.1, -0.05) is 59.4 Å². The van der Waals surface area contributed by atoms with Crippen LogP contribution < -0.4 is 10.9 Å². The number of nitrogens with one attached hydrogen (secondary N) is 1. The summed E-state index contributed by atoms with van der Waals surface area (Å²) in [7, 11) is 0. The number of nitrogens with zero attached hydrogens (tertiary/aromatic N) is 5. The highest BCUT2D eigenvalue weighted by molar-refractivity contribution is 7.99. The molecule has 1 amide bonds. The van der Waals surface area contributed by atoms with E-state index in [0.717, 1.165) is 5.56 Å². The Hall–Kier alpha value is -3.92. The summed E-state index contributed by atoms with van der Waals surface area (Å²) in [5.41, 5.74) is 1.53. The van der Waals surface area contributed by atoms with Crippen LogP contribution >= 0.6 is 11.8 Å². The molecular formula is C21H16N6O3S. The standard InChI is InChI=1S/C21H16N6O3S/c28-18(22-17-10-11-30-25-17)13-31-21-24-23-20-26(12-14-6-2-1-3-7-14)19(29)15-8-4-5-9-16(15)27(20)21/h1-11H,12-13H2,(H,22,25,28). The van der Waals surface area contributed by atoms with Crippen molar-refractivity contribution in [3.63, 3.8) is 0 Å². The van der Waals surface area contributed by atoms with E-state index >= 15 is 0 Å². The molecule has 154 valence electrons. The molecule has 3 heterocycles. The first-order valence-electron chi connectivity index (χ1n) is 9.44. The number of rotatable bonds is 6. The second-order valence-corrected chi connectivity index (χ2v) is 7.68. The van der Waals surface area contributed by atoms with Crippen LogP contribution in [0.5, 0.6) is 0 Å². The van der Waals surface area contributed by atoms with Crippen LogP contribution in [-0.4, -0.2) is 36.0 Å². The van der Waals surface area contributed by atoms with Crippen molar-refractivity contribution in [2.75, 3.05) is 11.1 Å². The van der Waals surface area contributed by atoms with Crippen LogP contribution in [0.25, 0.3) is 16.7 Å². The average molecular weight is 432 g/mol. The number of hydrogen-bond acceptors (Lipinski definition) is 7. The summed E-state index contributed by atoms with van der Waals surface area (Å²) in [5.74, 6) is 0.614. The first-order valence-corrected chi connectivity index (χ1v) is 10.4. The summed E-state index contributed by atoms with van der Waals surface area (Å²) in [6, 6.07) is 18.6. The van der Waals surface area contributed by atoms with Crippen LogP contribution in [0.4, 0.5) is 5.82 Å². The second-order valence-electron chi connectivity index (χ2n) is 6.73. The lowest BCUT2D eigenvalue weighted by Crippen LogP contribution is -2.24. The van der Waals surface area contributed by atoms with E-state index in [4.69, 9.17) is 4.52 Å². The fraction of sp³-hybridized carbons (Fsp3) is 0.0952. The Morgan fingerprint density at radius 3 is 2.65 bits per heavy atom. The van der Waals surface area contributed by atoms with E-state index in [0.29, 0.717) is 34.2 Å². The second kappa shape index (κ2) is 8.07. The van der Waals surface area contributed by atoms with E-state index in [2.05, 4.69) is 20.7 Å². The number of hydrogen-bond donors (Lipinski definition) is 1. The molecule has 31 heavy (non-hydrogen) atoms. The van der Waals surface area contributed by atoms with Crippen LogP contribution in [0.15, 0.2) is 81.4 Å². The fourth-order valence-electron chi connectivity index (χ4n) is 3.32. The first-order chi connectivity index (χ1) is 15.2. The summed E-state index contributed by atoms with van der Waals surface area (Å²) < 4.78 is 8.13. The van der Waals surface area contributed by atoms with E-state index in [1.54, 1.807) is 16.7 Å². The monoisotopic (exact) mass is 432 g/mol. The van der Waals surface area contributed by atoms with Crippen LogP contribution in [0.1, 0.15) is 5.56 Å². The molecule has 0 aliphatic heterocycles. The molecule has 0 saturated heterocycles. The minimum atomic E-state index is -0.252. The number of aromatic nitrogens is 5. The van der Waals surface area contributed by atoms with Gasteiger partial charge in [0.25, 0.3) is 5.56 Å². The number of benzene rings is 2. The Morgan fingerprint density at radius 2 is 1.84 bits per heavy atom. The maximum Gasteiger partial charge on any atom is 0.263 e. The van der Waals surface area contributed by atoms with Gasteiger partial charge in [-0.05, 0) is 17.7 Å². The zero-order valence-electron chi connectivity index (χ0n) is 16.1. The lowest BCUT2D eigenvalue weighted by Gasteiger charge is -2.11. The third-order valence-electron chi connectivity index (χ3n) is 4.70. The third kappa shape index (κ3) is 3.68. The van der Waals surface area contributed by atoms with Gasteiger partial charge in [0.1, 0.15) is 6.26 Å². The van der Waals surface area contributed by atoms with E-state index in [9.17, 15) is 9.59 Å². The zero-order chi connectivity index (χ0) is 21.2. The first kappa shape index (κ1) is 19.1. The summed E-state index contributed by atoms with van der Waals surface area (Å²) in [6.07, 6.45) is 1.38. The Bertz CT molecular complexity index is 1430. The summed E-state index contributed by atoms with van der Waals surface area (Å²) in [4.78, 5) is 25.4. The predicted molar refractivity (Wildman–Crippen MR) is 116 cm³/mol. The van der Waals surface area contributed by atoms with Gasteiger partial charge < -0.3 is 9.84 Å². The third-order valence-corrected chi connectivity index (χ3v) is 5.63. The maximum atomic E-state index is 13.2. The number of carbonyl (C=O) groups is 1. The van der Waals surface area contributed by atoms with Crippen LogP contribution in [-0.2, 0) is 11.3 Å². The Balaban J connectivity index is 1.54. The molecule has 0 atom stereocenters. The highest BCUT2D eigenvalue weighted by atomic mass is 32.2. The molecule has 0 aliphatic rings. The van der Waals surface area contributed by atoms with Crippen molar-refractivity contribution in [1.82, 2.24) is 24.3 Å². The quantitative estimate of drug-likeness (QED) is 0.411. The molecule has 0 radical (unpaired) electrons. The number of thioether (sulfide) groups is 1. The van der Waals surface area contributed by atoms with Crippen molar-refractivity contribution in [1.29, 1.82) is 0 Å².